The van der Waals surface area contributed by atoms with Gasteiger partial charge in [-0.05, 0) is 19.3 Å². The van der Waals surface area contributed by atoms with Gasteiger partial charge in [-0.15, -0.1) is 0 Å². The third-order valence-electron chi connectivity index (χ3n) is 4.56. The zero-order valence-electron chi connectivity index (χ0n) is 11.7. The summed E-state index contributed by atoms with van der Waals surface area (Å²) in [6, 6.07) is 0. The van der Waals surface area contributed by atoms with Crippen LogP contribution in [0.15, 0.2) is 0 Å². The standard InChI is InChI=1S/C14H27NO2/c1-5-12-8-14(6-7-16-12)10-15-9-13(4,17-14)11(2)3/h11-12,15H,5-10H2,1-4H3. The van der Waals surface area contributed by atoms with Gasteiger partial charge in [-0.3, -0.25) is 0 Å². The highest BCUT2D eigenvalue weighted by molar-refractivity contribution is 4.98. The van der Waals surface area contributed by atoms with Gasteiger partial charge in [0.15, 0.2) is 0 Å². The molecule has 0 aromatic carbocycles. The Hall–Kier alpha value is -0.120. The Morgan fingerprint density at radius 1 is 1.35 bits per heavy atom. The van der Waals surface area contributed by atoms with Crippen molar-refractivity contribution in [3.05, 3.63) is 0 Å². The van der Waals surface area contributed by atoms with Crippen molar-refractivity contribution in [3.8, 4) is 0 Å². The molecule has 2 saturated heterocycles. The van der Waals surface area contributed by atoms with Gasteiger partial charge >= 0.3 is 0 Å². The number of hydrogen-bond acceptors (Lipinski definition) is 3. The average molecular weight is 241 g/mol. The lowest BCUT2D eigenvalue weighted by atomic mass is 9.83. The number of nitrogens with one attached hydrogen (secondary N) is 1. The first-order valence-corrected chi connectivity index (χ1v) is 7.02. The minimum atomic E-state index is -0.0338. The van der Waals surface area contributed by atoms with E-state index in [4.69, 9.17) is 9.47 Å². The summed E-state index contributed by atoms with van der Waals surface area (Å²) in [6.45, 7) is 11.7. The Morgan fingerprint density at radius 2 is 2.12 bits per heavy atom. The summed E-state index contributed by atoms with van der Waals surface area (Å²) in [4.78, 5) is 0. The summed E-state index contributed by atoms with van der Waals surface area (Å²) in [7, 11) is 0. The third-order valence-corrected chi connectivity index (χ3v) is 4.56. The fourth-order valence-corrected chi connectivity index (χ4v) is 2.93. The Bertz CT molecular complexity index is 265. The Morgan fingerprint density at radius 3 is 2.76 bits per heavy atom. The maximum absolute atomic E-state index is 6.55. The zero-order chi connectivity index (χ0) is 12.5. The van der Waals surface area contributed by atoms with Gasteiger partial charge in [-0.25, -0.2) is 0 Å². The maximum atomic E-state index is 6.55. The molecule has 2 heterocycles. The van der Waals surface area contributed by atoms with Crippen LogP contribution < -0.4 is 5.32 Å². The van der Waals surface area contributed by atoms with E-state index >= 15 is 0 Å². The number of hydrogen-bond donors (Lipinski definition) is 1. The van der Waals surface area contributed by atoms with E-state index in [0.29, 0.717) is 12.0 Å². The lowest BCUT2D eigenvalue weighted by molar-refractivity contribution is -0.227. The van der Waals surface area contributed by atoms with Crippen molar-refractivity contribution in [1.82, 2.24) is 5.32 Å². The average Bonchev–Trinajstić information content (AvgIpc) is 2.28. The van der Waals surface area contributed by atoms with Crippen molar-refractivity contribution in [2.24, 2.45) is 5.92 Å². The largest absolute Gasteiger partial charge is 0.378 e. The van der Waals surface area contributed by atoms with E-state index in [1.807, 2.05) is 0 Å². The van der Waals surface area contributed by atoms with E-state index in [2.05, 4.69) is 33.0 Å². The minimum Gasteiger partial charge on any atom is -0.378 e. The molecule has 0 aromatic rings. The van der Waals surface area contributed by atoms with E-state index in [9.17, 15) is 0 Å². The van der Waals surface area contributed by atoms with E-state index in [1.165, 1.54) is 0 Å². The molecule has 1 spiro atoms. The van der Waals surface area contributed by atoms with Crippen LogP contribution in [0.5, 0.6) is 0 Å². The van der Waals surface area contributed by atoms with Gasteiger partial charge in [-0.1, -0.05) is 20.8 Å². The van der Waals surface area contributed by atoms with Gasteiger partial charge in [0, 0.05) is 32.5 Å². The van der Waals surface area contributed by atoms with Crippen LogP contribution in [0.1, 0.15) is 47.0 Å². The molecular weight excluding hydrogens is 214 g/mol. The van der Waals surface area contributed by atoms with E-state index < -0.39 is 0 Å². The zero-order valence-corrected chi connectivity index (χ0v) is 11.7. The number of rotatable bonds is 2. The molecule has 3 heteroatoms. The monoisotopic (exact) mass is 241 g/mol. The first-order valence-electron chi connectivity index (χ1n) is 7.02. The topological polar surface area (TPSA) is 30.5 Å². The predicted octanol–water partition coefficient (Wildman–Crippen LogP) is 2.35. The summed E-state index contributed by atoms with van der Waals surface area (Å²) in [5.74, 6) is 0.537. The lowest BCUT2D eigenvalue weighted by Crippen LogP contribution is -2.63. The normalized spacial score (nSPS) is 43.2. The number of ether oxygens (including phenoxy) is 2. The van der Waals surface area contributed by atoms with E-state index in [0.717, 1.165) is 39.0 Å². The Kier molecular flexibility index (Phi) is 3.81. The Balaban J connectivity index is 2.09. The summed E-state index contributed by atoms with van der Waals surface area (Å²) in [5, 5.41) is 3.58. The highest BCUT2D eigenvalue weighted by Crippen LogP contribution is 2.38. The van der Waals surface area contributed by atoms with Gasteiger partial charge in [0.05, 0.1) is 17.3 Å². The first-order chi connectivity index (χ1) is 8.00. The van der Waals surface area contributed by atoms with Gasteiger partial charge in [-0.2, -0.15) is 0 Å². The molecule has 2 aliphatic heterocycles. The fourth-order valence-electron chi connectivity index (χ4n) is 2.93. The SMILES string of the molecule is CCC1CC2(CCO1)CNCC(C)(C(C)C)O2. The van der Waals surface area contributed by atoms with Gasteiger partial charge in [0.1, 0.15) is 0 Å². The lowest BCUT2D eigenvalue weighted by Gasteiger charge is -2.52. The minimum absolute atomic E-state index is 0.0101. The highest BCUT2D eigenvalue weighted by Gasteiger charge is 2.47. The second kappa shape index (κ2) is 4.87. The highest BCUT2D eigenvalue weighted by atomic mass is 16.5. The van der Waals surface area contributed by atoms with Crippen LogP contribution in [0.25, 0.3) is 0 Å². The van der Waals surface area contributed by atoms with Crippen LogP contribution in [-0.2, 0) is 9.47 Å². The molecular formula is C14H27NO2. The van der Waals surface area contributed by atoms with Crippen LogP contribution in [0.3, 0.4) is 0 Å². The molecule has 0 aliphatic carbocycles. The molecule has 0 radical (unpaired) electrons. The van der Waals surface area contributed by atoms with E-state index in [1.54, 1.807) is 0 Å². The van der Waals surface area contributed by atoms with Crippen molar-refractivity contribution < 1.29 is 9.47 Å². The second-order valence-corrected chi connectivity index (χ2v) is 6.21. The van der Waals surface area contributed by atoms with Crippen molar-refractivity contribution in [2.75, 3.05) is 19.7 Å². The molecule has 100 valence electrons. The van der Waals surface area contributed by atoms with Gasteiger partial charge in [0.25, 0.3) is 0 Å². The van der Waals surface area contributed by atoms with Gasteiger partial charge < -0.3 is 14.8 Å². The molecule has 2 aliphatic rings. The molecule has 1 N–H and O–H groups in total. The van der Waals surface area contributed by atoms with Crippen molar-refractivity contribution in [2.45, 2.75) is 64.3 Å². The van der Waals surface area contributed by atoms with Crippen molar-refractivity contribution in [3.63, 3.8) is 0 Å². The first kappa shape index (κ1) is 13.3. The molecule has 0 bridgehead atoms. The second-order valence-electron chi connectivity index (χ2n) is 6.21. The van der Waals surface area contributed by atoms with Crippen LogP contribution in [0.4, 0.5) is 0 Å². The number of morpholine rings is 1. The molecule has 17 heavy (non-hydrogen) atoms. The molecule has 3 atom stereocenters. The van der Waals surface area contributed by atoms with Gasteiger partial charge in [0.2, 0.25) is 0 Å². The summed E-state index contributed by atoms with van der Waals surface area (Å²) in [6.07, 6.45) is 3.53. The summed E-state index contributed by atoms with van der Waals surface area (Å²) >= 11 is 0. The molecule has 2 fully saturated rings. The smallest absolute Gasteiger partial charge is 0.0861 e. The van der Waals surface area contributed by atoms with Crippen LogP contribution in [0, 0.1) is 5.92 Å². The molecule has 3 unspecified atom stereocenters. The quantitative estimate of drug-likeness (QED) is 0.805. The molecule has 0 amide bonds. The molecule has 0 saturated carbocycles. The molecule has 2 rings (SSSR count). The maximum Gasteiger partial charge on any atom is 0.0861 e. The van der Waals surface area contributed by atoms with E-state index in [-0.39, 0.29) is 11.2 Å². The predicted molar refractivity (Wildman–Crippen MR) is 69.2 cm³/mol. The Labute approximate surface area is 105 Å². The third kappa shape index (κ3) is 2.67. The van der Waals surface area contributed by atoms with Crippen LogP contribution in [-0.4, -0.2) is 37.0 Å². The summed E-state index contributed by atoms with van der Waals surface area (Å²) < 4.78 is 12.3. The van der Waals surface area contributed by atoms with Crippen LogP contribution >= 0.6 is 0 Å². The van der Waals surface area contributed by atoms with Crippen LogP contribution in [0.2, 0.25) is 0 Å². The summed E-state index contributed by atoms with van der Waals surface area (Å²) in [5.41, 5.74) is -0.0237. The molecule has 3 nitrogen and oxygen atoms in total. The fraction of sp³-hybridized carbons (Fsp3) is 1.00. The van der Waals surface area contributed by atoms with Crippen molar-refractivity contribution >= 4 is 0 Å². The molecule has 0 aromatic heterocycles. The van der Waals surface area contributed by atoms with Crippen molar-refractivity contribution in [1.29, 1.82) is 0 Å².